The van der Waals surface area contributed by atoms with Gasteiger partial charge in [-0.1, -0.05) is 24.1 Å². The van der Waals surface area contributed by atoms with E-state index in [1.807, 2.05) is 0 Å². The van der Waals surface area contributed by atoms with E-state index in [-0.39, 0.29) is 11.6 Å². The molecule has 0 saturated carbocycles. The van der Waals surface area contributed by atoms with Crippen LogP contribution in [-0.4, -0.2) is 12.9 Å². The second kappa shape index (κ2) is 5.83. The molecule has 94 valence electrons. The van der Waals surface area contributed by atoms with Crippen LogP contribution < -0.4 is 4.74 Å². The quantitative estimate of drug-likeness (QED) is 0.608. The molecular weight excluding hydrogens is 243 g/mol. The Hall–Kier alpha value is -2.60. The predicted molar refractivity (Wildman–Crippen MR) is 70.6 cm³/mol. The lowest BCUT2D eigenvalue weighted by molar-refractivity contribution is 0.105. The molecule has 0 heterocycles. The summed E-state index contributed by atoms with van der Waals surface area (Å²) in [4.78, 5) is 11.9. The average Bonchev–Trinajstić information content (AvgIpc) is 2.45. The third kappa shape index (κ3) is 3.20. The number of hydrogen-bond acceptors (Lipinski definition) is 2. The molecule has 0 aliphatic carbocycles. The van der Waals surface area contributed by atoms with Crippen LogP contribution in [0.1, 0.15) is 15.9 Å². The van der Waals surface area contributed by atoms with Crippen molar-refractivity contribution < 1.29 is 13.9 Å². The Labute approximate surface area is 110 Å². The van der Waals surface area contributed by atoms with E-state index in [4.69, 9.17) is 4.74 Å². The minimum atomic E-state index is -0.378. The Morgan fingerprint density at radius 2 is 1.95 bits per heavy atom. The van der Waals surface area contributed by atoms with Gasteiger partial charge in [0.05, 0.1) is 12.7 Å². The fourth-order valence-corrected chi connectivity index (χ4v) is 1.59. The van der Waals surface area contributed by atoms with E-state index >= 15 is 0 Å². The highest BCUT2D eigenvalue weighted by atomic mass is 19.1. The number of halogens is 1. The number of para-hydroxylation sites is 1. The van der Waals surface area contributed by atoms with Crippen LogP contribution in [0.25, 0.3) is 0 Å². The zero-order chi connectivity index (χ0) is 13.7. The van der Waals surface area contributed by atoms with Gasteiger partial charge in [0.25, 0.3) is 0 Å². The minimum Gasteiger partial charge on any atom is -0.496 e. The third-order valence-corrected chi connectivity index (χ3v) is 2.50. The fourth-order valence-electron chi connectivity index (χ4n) is 1.59. The molecule has 0 saturated heterocycles. The first-order chi connectivity index (χ1) is 9.20. The first-order valence-electron chi connectivity index (χ1n) is 5.65. The Balaban J connectivity index is 2.27. The van der Waals surface area contributed by atoms with Crippen molar-refractivity contribution >= 4 is 5.78 Å². The molecule has 2 nitrogen and oxygen atoms in total. The SMILES string of the molecule is COc1ccccc1C(=O)C#Cc1cccc(F)c1. The first-order valence-corrected chi connectivity index (χ1v) is 5.65. The van der Waals surface area contributed by atoms with Crippen molar-refractivity contribution in [3.63, 3.8) is 0 Å². The largest absolute Gasteiger partial charge is 0.496 e. The number of carbonyl (C=O) groups excluding carboxylic acids is 1. The van der Waals surface area contributed by atoms with E-state index < -0.39 is 0 Å². The van der Waals surface area contributed by atoms with Crippen LogP contribution in [0.3, 0.4) is 0 Å². The number of hydrogen-bond donors (Lipinski definition) is 0. The second-order valence-corrected chi connectivity index (χ2v) is 3.79. The van der Waals surface area contributed by atoms with Crippen molar-refractivity contribution in [2.75, 3.05) is 7.11 Å². The van der Waals surface area contributed by atoms with E-state index in [0.717, 1.165) is 0 Å². The molecule has 2 aromatic rings. The minimum absolute atomic E-state index is 0.360. The molecule has 0 aromatic heterocycles. The number of carbonyl (C=O) groups is 1. The summed E-state index contributed by atoms with van der Waals surface area (Å²) in [5.41, 5.74) is 0.858. The van der Waals surface area contributed by atoms with Crippen molar-refractivity contribution in [1.82, 2.24) is 0 Å². The Morgan fingerprint density at radius 3 is 2.68 bits per heavy atom. The summed E-state index contributed by atoms with van der Waals surface area (Å²) >= 11 is 0. The molecule has 0 amide bonds. The molecule has 19 heavy (non-hydrogen) atoms. The maximum atomic E-state index is 13.0. The van der Waals surface area contributed by atoms with Crippen LogP contribution in [0.4, 0.5) is 4.39 Å². The molecule has 0 aliphatic heterocycles. The smallest absolute Gasteiger partial charge is 0.239 e. The summed E-state index contributed by atoms with van der Waals surface area (Å²) < 4.78 is 18.0. The van der Waals surface area contributed by atoms with Gasteiger partial charge >= 0.3 is 0 Å². The maximum absolute atomic E-state index is 13.0. The molecule has 0 radical (unpaired) electrons. The normalized spacial score (nSPS) is 9.37. The zero-order valence-electron chi connectivity index (χ0n) is 10.3. The zero-order valence-corrected chi connectivity index (χ0v) is 10.3. The van der Waals surface area contributed by atoms with E-state index in [0.29, 0.717) is 16.9 Å². The van der Waals surface area contributed by atoms with Gasteiger partial charge in [0.1, 0.15) is 11.6 Å². The number of rotatable bonds is 2. The van der Waals surface area contributed by atoms with Crippen LogP contribution in [0, 0.1) is 17.7 Å². The summed E-state index contributed by atoms with van der Waals surface area (Å²) in [5, 5.41) is 0. The molecule has 0 atom stereocenters. The fraction of sp³-hybridized carbons (Fsp3) is 0.0625. The van der Waals surface area contributed by atoms with E-state index in [1.54, 1.807) is 36.4 Å². The highest BCUT2D eigenvalue weighted by Gasteiger charge is 2.08. The van der Waals surface area contributed by atoms with Crippen molar-refractivity contribution in [1.29, 1.82) is 0 Å². The molecule has 0 aliphatic rings. The van der Waals surface area contributed by atoms with Gasteiger partial charge in [-0.05, 0) is 36.3 Å². The van der Waals surface area contributed by atoms with Crippen molar-refractivity contribution in [2.45, 2.75) is 0 Å². The molecule has 0 spiro atoms. The molecule has 0 N–H and O–H groups in total. The Kier molecular flexibility index (Phi) is 3.94. The van der Waals surface area contributed by atoms with Gasteiger partial charge in [-0.2, -0.15) is 0 Å². The van der Waals surface area contributed by atoms with Crippen LogP contribution in [0.2, 0.25) is 0 Å². The first kappa shape index (κ1) is 12.8. The standard InChI is InChI=1S/C16H11FO2/c1-19-16-8-3-2-7-14(16)15(18)10-9-12-5-4-6-13(17)11-12/h2-8,11H,1H3. The summed E-state index contributed by atoms with van der Waals surface area (Å²) in [6.45, 7) is 0. The predicted octanol–water partition coefficient (Wildman–Crippen LogP) is 3.07. The van der Waals surface area contributed by atoms with Gasteiger partial charge in [0, 0.05) is 5.56 Å². The van der Waals surface area contributed by atoms with E-state index in [2.05, 4.69) is 11.8 Å². The monoisotopic (exact) mass is 254 g/mol. The highest BCUT2D eigenvalue weighted by Crippen LogP contribution is 2.17. The molecule has 3 heteroatoms. The van der Waals surface area contributed by atoms with Crippen molar-refractivity contribution in [3.8, 4) is 17.6 Å². The van der Waals surface area contributed by atoms with E-state index in [9.17, 15) is 9.18 Å². The number of benzene rings is 2. The lowest BCUT2D eigenvalue weighted by atomic mass is 10.1. The molecule has 0 fully saturated rings. The third-order valence-electron chi connectivity index (χ3n) is 2.50. The number of ketones is 1. The lowest BCUT2D eigenvalue weighted by Crippen LogP contribution is -1.99. The number of Topliss-reactive ketones (excluding diaryl/α,β-unsaturated/α-hetero) is 1. The maximum Gasteiger partial charge on any atom is 0.239 e. The van der Waals surface area contributed by atoms with Crippen LogP contribution in [0.15, 0.2) is 48.5 Å². The second-order valence-electron chi connectivity index (χ2n) is 3.79. The number of ether oxygens (including phenoxy) is 1. The van der Waals surface area contributed by atoms with Gasteiger partial charge in [0.15, 0.2) is 0 Å². The Morgan fingerprint density at radius 1 is 1.16 bits per heavy atom. The van der Waals surface area contributed by atoms with Crippen LogP contribution in [-0.2, 0) is 0 Å². The van der Waals surface area contributed by atoms with Crippen LogP contribution in [0.5, 0.6) is 5.75 Å². The van der Waals surface area contributed by atoms with Gasteiger partial charge in [-0.25, -0.2) is 4.39 Å². The van der Waals surface area contributed by atoms with Gasteiger partial charge < -0.3 is 4.74 Å². The molecule has 2 aromatic carbocycles. The molecular formula is C16H11FO2. The summed E-state index contributed by atoms with van der Waals surface area (Å²) in [6, 6.07) is 12.6. The van der Waals surface area contributed by atoms with E-state index in [1.165, 1.54) is 19.2 Å². The topological polar surface area (TPSA) is 26.3 Å². The van der Waals surface area contributed by atoms with Gasteiger partial charge in [0.2, 0.25) is 5.78 Å². The summed E-state index contributed by atoms with van der Waals surface area (Å²) in [7, 11) is 1.49. The highest BCUT2D eigenvalue weighted by molar-refractivity contribution is 6.11. The molecule has 0 bridgehead atoms. The summed E-state index contributed by atoms with van der Waals surface area (Å²) in [6.07, 6.45) is 0. The molecule has 2 rings (SSSR count). The number of methoxy groups -OCH3 is 1. The molecule has 0 unspecified atom stereocenters. The summed E-state index contributed by atoms with van der Waals surface area (Å²) in [5.74, 6) is 4.86. The average molecular weight is 254 g/mol. The van der Waals surface area contributed by atoms with Crippen molar-refractivity contribution in [2.24, 2.45) is 0 Å². The van der Waals surface area contributed by atoms with Gasteiger partial charge in [-0.15, -0.1) is 0 Å². The Bertz CT molecular complexity index is 666. The van der Waals surface area contributed by atoms with Crippen LogP contribution >= 0.6 is 0 Å². The van der Waals surface area contributed by atoms with Gasteiger partial charge in [-0.3, -0.25) is 4.79 Å². The lowest BCUT2D eigenvalue weighted by Gasteiger charge is -2.02. The van der Waals surface area contributed by atoms with Crippen molar-refractivity contribution in [3.05, 3.63) is 65.5 Å².